The zero-order valence-corrected chi connectivity index (χ0v) is 11.6. The van der Waals surface area contributed by atoms with Crippen molar-refractivity contribution in [2.75, 3.05) is 13.7 Å². The fraction of sp³-hybridized carbons (Fsp3) is 0.429. The molecule has 0 heterocycles. The van der Waals surface area contributed by atoms with Crippen molar-refractivity contribution in [2.24, 2.45) is 10.9 Å². The molecule has 0 aliphatic rings. The predicted molar refractivity (Wildman–Crippen MR) is 76.5 cm³/mol. The standard InChI is InChI=1S/C14H21N3O3/c1-20-13(11-7-3-2-4-8-11)14(18)16-10-6-5-9-12(15)17-19/h2-4,7-8,13,19H,5-6,9-10H2,1H3,(H2,15,17)(H,16,18). The van der Waals surface area contributed by atoms with Crippen LogP contribution < -0.4 is 11.1 Å². The van der Waals surface area contributed by atoms with E-state index in [9.17, 15) is 4.79 Å². The second kappa shape index (κ2) is 8.92. The van der Waals surface area contributed by atoms with Gasteiger partial charge in [0.05, 0.1) is 0 Å². The molecule has 1 amide bonds. The van der Waals surface area contributed by atoms with Crippen molar-refractivity contribution in [3.8, 4) is 0 Å². The monoisotopic (exact) mass is 279 g/mol. The van der Waals surface area contributed by atoms with Crippen LogP contribution in [0.1, 0.15) is 30.9 Å². The van der Waals surface area contributed by atoms with Crippen molar-refractivity contribution >= 4 is 11.7 Å². The number of amidine groups is 1. The van der Waals surface area contributed by atoms with Crippen LogP contribution >= 0.6 is 0 Å². The highest BCUT2D eigenvalue weighted by molar-refractivity contribution is 5.82. The molecule has 0 aliphatic carbocycles. The van der Waals surface area contributed by atoms with Crippen molar-refractivity contribution in [1.29, 1.82) is 0 Å². The summed E-state index contributed by atoms with van der Waals surface area (Å²) in [5.41, 5.74) is 6.18. The minimum absolute atomic E-state index is 0.164. The van der Waals surface area contributed by atoms with Gasteiger partial charge in [0.25, 0.3) is 5.91 Å². The van der Waals surface area contributed by atoms with Gasteiger partial charge in [-0.15, -0.1) is 0 Å². The minimum Gasteiger partial charge on any atom is -0.409 e. The number of carbonyl (C=O) groups is 1. The van der Waals surface area contributed by atoms with Gasteiger partial charge in [0.2, 0.25) is 0 Å². The predicted octanol–water partition coefficient (Wildman–Crippen LogP) is 1.41. The number of ether oxygens (including phenoxy) is 1. The number of nitrogens with zero attached hydrogens (tertiary/aromatic N) is 1. The summed E-state index contributed by atoms with van der Waals surface area (Å²) in [7, 11) is 1.51. The number of amides is 1. The molecule has 1 rings (SSSR count). The van der Waals surface area contributed by atoms with Crippen molar-refractivity contribution < 1.29 is 14.7 Å². The fourth-order valence-corrected chi connectivity index (χ4v) is 1.81. The molecule has 1 unspecified atom stereocenters. The highest BCUT2D eigenvalue weighted by Gasteiger charge is 2.18. The second-order valence-corrected chi connectivity index (χ2v) is 4.37. The third-order valence-corrected chi connectivity index (χ3v) is 2.86. The number of nitrogens with one attached hydrogen (secondary N) is 1. The molecule has 0 bridgehead atoms. The Bertz CT molecular complexity index is 435. The molecule has 0 spiro atoms. The summed E-state index contributed by atoms with van der Waals surface area (Å²) < 4.78 is 5.23. The summed E-state index contributed by atoms with van der Waals surface area (Å²) in [4.78, 5) is 12.0. The first kappa shape index (κ1) is 16.0. The molecule has 6 heteroatoms. The molecule has 0 aliphatic heterocycles. The van der Waals surface area contributed by atoms with E-state index in [2.05, 4.69) is 10.5 Å². The molecule has 0 saturated heterocycles. The molecule has 0 aromatic heterocycles. The molecule has 6 nitrogen and oxygen atoms in total. The number of carbonyl (C=O) groups excluding carboxylic acids is 1. The first-order valence-corrected chi connectivity index (χ1v) is 6.51. The summed E-state index contributed by atoms with van der Waals surface area (Å²) in [6, 6.07) is 9.33. The number of benzene rings is 1. The van der Waals surface area contributed by atoms with Gasteiger partial charge in [0.15, 0.2) is 6.10 Å². The van der Waals surface area contributed by atoms with E-state index in [0.29, 0.717) is 13.0 Å². The molecule has 0 saturated carbocycles. The van der Waals surface area contributed by atoms with Crippen LogP contribution in [0.5, 0.6) is 0 Å². The molecule has 1 aromatic rings. The Kier molecular flexibility index (Phi) is 7.13. The SMILES string of the molecule is COC(C(=O)NCCCCC(N)=NO)c1ccccc1. The lowest BCUT2D eigenvalue weighted by atomic mass is 10.1. The number of oxime groups is 1. The summed E-state index contributed by atoms with van der Waals surface area (Å²) in [5.74, 6) is 0.0397. The second-order valence-electron chi connectivity index (χ2n) is 4.37. The molecule has 20 heavy (non-hydrogen) atoms. The smallest absolute Gasteiger partial charge is 0.253 e. The number of hydrogen-bond acceptors (Lipinski definition) is 4. The van der Waals surface area contributed by atoms with Crippen molar-refractivity contribution in [2.45, 2.75) is 25.4 Å². The quantitative estimate of drug-likeness (QED) is 0.220. The zero-order chi connectivity index (χ0) is 14.8. The molecule has 1 atom stereocenters. The van der Waals surface area contributed by atoms with Gasteiger partial charge in [-0.3, -0.25) is 4.79 Å². The molecule has 4 N–H and O–H groups in total. The summed E-state index contributed by atoms with van der Waals surface area (Å²) in [6.45, 7) is 0.532. The lowest BCUT2D eigenvalue weighted by Gasteiger charge is -2.15. The maximum atomic E-state index is 12.0. The van der Waals surface area contributed by atoms with Gasteiger partial charge in [-0.1, -0.05) is 35.5 Å². The normalized spacial score (nSPS) is 12.9. The highest BCUT2D eigenvalue weighted by atomic mass is 16.5. The topological polar surface area (TPSA) is 96.9 Å². The van der Waals surface area contributed by atoms with E-state index in [4.69, 9.17) is 15.7 Å². The average molecular weight is 279 g/mol. The largest absolute Gasteiger partial charge is 0.409 e. The molecule has 0 radical (unpaired) electrons. The number of hydrogen-bond donors (Lipinski definition) is 3. The third-order valence-electron chi connectivity index (χ3n) is 2.86. The fourth-order valence-electron chi connectivity index (χ4n) is 1.81. The van der Waals surface area contributed by atoms with E-state index in [0.717, 1.165) is 18.4 Å². The van der Waals surface area contributed by atoms with Gasteiger partial charge >= 0.3 is 0 Å². The van der Waals surface area contributed by atoms with Gasteiger partial charge in [-0.05, 0) is 18.4 Å². The van der Waals surface area contributed by atoms with E-state index in [-0.39, 0.29) is 11.7 Å². The number of rotatable bonds is 8. The van der Waals surface area contributed by atoms with Gasteiger partial charge in [-0.25, -0.2) is 0 Å². The Balaban J connectivity index is 2.34. The van der Waals surface area contributed by atoms with Gasteiger partial charge in [-0.2, -0.15) is 0 Å². The van der Waals surface area contributed by atoms with Gasteiger partial charge < -0.3 is 21.0 Å². The molecule has 110 valence electrons. The summed E-state index contributed by atoms with van der Waals surface area (Å²) in [6.07, 6.45) is 1.42. The van der Waals surface area contributed by atoms with Crippen molar-refractivity contribution in [1.82, 2.24) is 5.32 Å². The molecule has 1 aromatic carbocycles. The summed E-state index contributed by atoms with van der Waals surface area (Å²) >= 11 is 0. The van der Waals surface area contributed by atoms with Crippen molar-refractivity contribution in [3.63, 3.8) is 0 Å². The maximum Gasteiger partial charge on any atom is 0.253 e. The lowest BCUT2D eigenvalue weighted by molar-refractivity contribution is -0.131. The van der Waals surface area contributed by atoms with Crippen LogP contribution in [0.4, 0.5) is 0 Å². The Morgan fingerprint density at radius 3 is 2.70 bits per heavy atom. The number of methoxy groups -OCH3 is 1. The first-order valence-electron chi connectivity index (χ1n) is 6.51. The maximum absolute atomic E-state index is 12.0. The van der Waals surface area contributed by atoms with E-state index < -0.39 is 6.10 Å². The lowest BCUT2D eigenvalue weighted by Crippen LogP contribution is -2.31. The van der Waals surface area contributed by atoms with E-state index in [1.807, 2.05) is 30.3 Å². The van der Waals surface area contributed by atoms with E-state index in [1.54, 1.807) is 0 Å². The molecular formula is C14H21N3O3. The van der Waals surface area contributed by atoms with Crippen LogP contribution in [-0.2, 0) is 9.53 Å². The van der Waals surface area contributed by atoms with Gasteiger partial charge in [0.1, 0.15) is 5.84 Å². The zero-order valence-electron chi connectivity index (χ0n) is 11.6. The van der Waals surface area contributed by atoms with Crippen LogP contribution in [0, 0.1) is 0 Å². The first-order chi connectivity index (χ1) is 9.69. The van der Waals surface area contributed by atoms with Crippen LogP contribution in [0.15, 0.2) is 35.5 Å². The Morgan fingerprint density at radius 2 is 2.10 bits per heavy atom. The van der Waals surface area contributed by atoms with Crippen LogP contribution in [0.25, 0.3) is 0 Å². The van der Waals surface area contributed by atoms with E-state index >= 15 is 0 Å². The third kappa shape index (κ3) is 5.27. The average Bonchev–Trinajstić information content (AvgIpc) is 2.48. The Labute approximate surface area is 118 Å². The van der Waals surface area contributed by atoms with Gasteiger partial charge in [0, 0.05) is 20.1 Å². The van der Waals surface area contributed by atoms with Crippen molar-refractivity contribution in [3.05, 3.63) is 35.9 Å². The Hall–Kier alpha value is -2.08. The highest BCUT2D eigenvalue weighted by Crippen LogP contribution is 2.15. The summed E-state index contributed by atoms with van der Waals surface area (Å²) in [5, 5.41) is 14.1. The molecular weight excluding hydrogens is 258 g/mol. The number of nitrogens with two attached hydrogens (primary N) is 1. The number of unbranched alkanes of at least 4 members (excludes halogenated alkanes) is 1. The molecule has 0 fully saturated rings. The van der Waals surface area contributed by atoms with Crippen LogP contribution in [0.3, 0.4) is 0 Å². The van der Waals surface area contributed by atoms with Crippen LogP contribution in [0.2, 0.25) is 0 Å². The minimum atomic E-state index is -0.597. The Morgan fingerprint density at radius 1 is 1.40 bits per heavy atom. The van der Waals surface area contributed by atoms with Crippen LogP contribution in [-0.4, -0.2) is 30.6 Å². The van der Waals surface area contributed by atoms with E-state index in [1.165, 1.54) is 7.11 Å².